The second-order valence-corrected chi connectivity index (χ2v) is 4.66. The minimum Gasteiger partial charge on any atom is -0.365 e. The lowest BCUT2D eigenvalue weighted by atomic mass is 10.1. The molecule has 3 rings (SSSR count). The Labute approximate surface area is 116 Å². The van der Waals surface area contributed by atoms with Crippen LogP contribution < -0.4 is 11.2 Å². The largest absolute Gasteiger partial charge is 0.365 e. The number of fused-ring (bicyclic) bond motifs is 2. The summed E-state index contributed by atoms with van der Waals surface area (Å²) in [5, 5.41) is 0.350. The van der Waals surface area contributed by atoms with Crippen molar-refractivity contribution in [3.05, 3.63) is 51.8 Å². The molecule has 0 aliphatic carbocycles. The summed E-state index contributed by atoms with van der Waals surface area (Å²) in [7, 11) is 1.60. The van der Waals surface area contributed by atoms with Gasteiger partial charge in [-0.15, -0.1) is 0 Å². The predicted octanol–water partition coefficient (Wildman–Crippen LogP) is 1.46. The van der Waals surface area contributed by atoms with Crippen molar-refractivity contribution in [1.29, 1.82) is 0 Å². The summed E-state index contributed by atoms with van der Waals surface area (Å²) >= 11 is 0. The van der Waals surface area contributed by atoms with Gasteiger partial charge in [-0.2, -0.15) is 0 Å². The maximum atomic E-state index is 13.3. The van der Waals surface area contributed by atoms with Gasteiger partial charge in [0.1, 0.15) is 11.1 Å². The van der Waals surface area contributed by atoms with Crippen LogP contribution in [0.25, 0.3) is 21.9 Å². The van der Waals surface area contributed by atoms with E-state index in [0.717, 1.165) is 12.1 Å². The van der Waals surface area contributed by atoms with Crippen LogP contribution in [0.4, 0.5) is 8.78 Å². The number of nitrogens with two attached hydrogens (primary N) is 1. The predicted molar refractivity (Wildman–Crippen MR) is 72.9 cm³/mol. The van der Waals surface area contributed by atoms with Gasteiger partial charge in [-0.3, -0.25) is 9.59 Å². The number of primary amides is 1. The molecule has 106 valence electrons. The molecule has 1 aromatic carbocycles. The average molecular weight is 289 g/mol. The first-order valence-electron chi connectivity index (χ1n) is 5.97. The lowest BCUT2D eigenvalue weighted by molar-refractivity contribution is 0.0999. The van der Waals surface area contributed by atoms with Gasteiger partial charge in [-0.1, -0.05) is 0 Å². The van der Waals surface area contributed by atoms with Crippen LogP contribution in [0.2, 0.25) is 0 Å². The van der Waals surface area contributed by atoms with Crippen molar-refractivity contribution in [1.82, 2.24) is 9.55 Å². The SMILES string of the molecule is Cn1cc(C(N)=O)c(=O)c2nc3cc(F)c(F)cc3cc21. The highest BCUT2D eigenvalue weighted by molar-refractivity contribution is 5.97. The number of carbonyl (C=O) groups is 1. The lowest BCUT2D eigenvalue weighted by Gasteiger charge is -2.08. The minimum absolute atomic E-state index is 0.0210. The quantitative estimate of drug-likeness (QED) is 0.689. The topological polar surface area (TPSA) is 78.0 Å². The highest BCUT2D eigenvalue weighted by atomic mass is 19.2. The molecule has 0 saturated heterocycles. The number of rotatable bonds is 1. The molecular formula is C14H9F2N3O2. The fourth-order valence-corrected chi connectivity index (χ4v) is 2.22. The van der Waals surface area contributed by atoms with E-state index >= 15 is 0 Å². The van der Waals surface area contributed by atoms with E-state index in [1.165, 1.54) is 16.8 Å². The van der Waals surface area contributed by atoms with Crippen molar-refractivity contribution in [2.24, 2.45) is 12.8 Å². The van der Waals surface area contributed by atoms with Crippen LogP contribution in [-0.2, 0) is 7.05 Å². The van der Waals surface area contributed by atoms with Crippen molar-refractivity contribution in [2.75, 3.05) is 0 Å². The fourth-order valence-electron chi connectivity index (χ4n) is 2.22. The van der Waals surface area contributed by atoms with Gasteiger partial charge in [0, 0.05) is 24.7 Å². The van der Waals surface area contributed by atoms with E-state index in [1.807, 2.05) is 0 Å². The van der Waals surface area contributed by atoms with Crippen LogP contribution in [0.3, 0.4) is 0 Å². The summed E-state index contributed by atoms with van der Waals surface area (Å²) in [5.41, 5.74) is 4.79. The number of halogens is 2. The molecule has 0 spiro atoms. The molecule has 7 heteroatoms. The first-order chi connectivity index (χ1) is 9.88. The maximum absolute atomic E-state index is 13.3. The van der Waals surface area contributed by atoms with E-state index in [9.17, 15) is 18.4 Å². The summed E-state index contributed by atoms with van der Waals surface area (Å²) < 4.78 is 28.0. The van der Waals surface area contributed by atoms with Gasteiger partial charge in [0.2, 0.25) is 5.43 Å². The molecule has 2 N–H and O–H groups in total. The zero-order valence-electron chi connectivity index (χ0n) is 10.9. The van der Waals surface area contributed by atoms with Crippen LogP contribution >= 0.6 is 0 Å². The van der Waals surface area contributed by atoms with Crippen molar-refractivity contribution in [3.8, 4) is 0 Å². The molecule has 1 amide bonds. The third-order valence-electron chi connectivity index (χ3n) is 3.26. The van der Waals surface area contributed by atoms with Crippen molar-refractivity contribution >= 4 is 27.8 Å². The van der Waals surface area contributed by atoms with Crippen molar-refractivity contribution in [2.45, 2.75) is 0 Å². The van der Waals surface area contributed by atoms with Gasteiger partial charge in [-0.25, -0.2) is 13.8 Å². The standard InChI is InChI=1S/C14H9F2N3O2/c1-19-5-7(14(17)21)13(20)12-11(19)3-6-2-8(15)9(16)4-10(6)18-12/h2-5H,1H3,(H2,17,21). The van der Waals surface area contributed by atoms with E-state index < -0.39 is 23.0 Å². The number of aryl methyl sites for hydroxylation is 1. The van der Waals surface area contributed by atoms with Gasteiger partial charge >= 0.3 is 0 Å². The summed E-state index contributed by atoms with van der Waals surface area (Å²) in [6, 6.07) is 3.41. The van der Waals surface area contributed by atoms with Crippen LogP contribution in [-0.4, -0.2) is 15.5 Å². The molecule has 0 radical (unpaired) electrons. The number of benzene rings is 1. The third kappa shape index (κ3) is 1.94. The van der Waals surface area contributed by atoms with Crippen molar-refractivity contribution < 1.29 is 13.6 Å². The molecule has 21 heavy (non-hydrogen) atoms. The van der Waals surface area contributed by atoms with E-state index in [2.05, 4.69) is 4.98 Å². The maximum Gasteiger partial charge on any atom is 0.254 e. The summed E-state index contributed by atoms with van der Waals surface area (Å²) in [6.07, 6.45) is 1.29. The Bertz CT molecular complexity index is 980. The minimum atomic E-state index is -1.06. The monoisotopic (exact) mass is 289 g/mol. The van der Waals surface area contributed by atoms with Gasteiger partial charge < -0.3 is 10.3 Å². The molecule has 0 aliphatic rings. The van der Waals surface area contributed by atoms with E-state index in [-0.39, 0.29) is 16.6 Å². The number of carbonyl (C=O) groups excluding carboxylic acids is 1. The zero-order valence-corrected chi connectivity index (χ0v) is 10.9. The Balaban J connectivity index is 2.51. The number of hydrogen-bond donors (Lipinski definition) is 1. The summed E-state index contributed by atoms with van der Waals surface area (Å²) in [4.78, 5) is 27.5. The molecule has 2 heterocycles. The molecule has 3 aromatic rings. The second kappa shape index (κ2) is 4.34. The molecule has 2 aromatic heterocycles. The Hall–Kier alpha value is -2.83. The molecule has 0 atom stereocenters. The van der Waals surface area contributed by atoms with E-state index in [1.54, 1.807) is 7.05 Å². The van der Waals surface area contributed by atoms with Crippen LogP contribution in [0.15, 0.2) is 29.2 Å². The number of pyridine rings is 2. The fraction of sp³-hybridized carbons (Fsp3) is 0.0714. The summed E-state index contributed by atoms with van der Waals surface area (Å²) in [5.74, 6) is -2.93. The van der Waals surface area contributed by atoms with Gasteiger partial charge in [0.25, 0.3) is 5.91 Å². The number of nitrogens with zero attached hydrogens (tertiary/aromatic N) is 2. The Morgan fingerprint density at radius 2 is 1.90 bits per heavy atom. The smallest absolute Gasteiger partial charge is 0.254 e. The molecular weight excluding hydrogens is 280 g/mol. The Morgan fingerprint density at radius 3 is 2.57 bits per heavy atom. The van der Waals surface area contributed by atoms with Crippen LogP contribution in [0, 0.1) is 11.6 Å². The van der Waals surface area contributed by atoms with Crippen molar-refractivity contribution in [3.63, 3.8) is 0 Å². The van der Waals surface area contributed by atoms with Crippen LogP contribution in [0.1, 0.15) is 10.4 Å². The number of amides is 1. The molecule has 5 nitrogen and oxygen atoms in total. The molecule has 0 saturated carbocycles. The van der Waals surface area contributed by atoms with Gasteiger partial charge in [0.15, 0.2) is 11.6 Å². The molecule has 0 aliphatic heterocycles. The Kier molecular flexibility index (Phi) is 2.72. The summed E-state index contributed by atoms with van der Waals surface area (Å²) in [6.45, 7) is 0. The normalized spacial score (nSPS) is 11.2. The lowest BCUT2D eigenvalue weighted by Crippen LogP contribution is -2.24. The third-order valence-corrected chi connectivity index (χ3v) is 3.26. The Morgan fingerprint density at radius 1 is 1.24 bits per heavy atom. The second-order valence-electron chi connectivity index (χ2n) is 4.66. The van der Waals surface area contributed by atoms with Crippen LogP contribution in [0.5, 0.6) is 0 Å². The first kappa shape index (κ1) is 13.2. The highest BCUT2D eigenvalue weighted by Crippen LogP contribution is 2.20. The first-order valence-corrected chi connectivity index (χ1v) is 5.97. The number of hydrogen-bond acceptors (Lipinski definition) is 3. The molecule has 0 fully saturated rings. The molecule has 0 bridgehead atoms. The van der Waals surface area contributed by atoms with Gasteiger partial charge in [-0.05, 0) is 12.1 Å². The highest BCUT2D eigenvalue weighted by Gasteiger charge is 2.15. The van der Waals surface area contributed by atoms with Gasteiger partial charge in [0.05, 0.1) is 11.0 Å². The van der Waals surface area contributed by atoms with E-state index in [4.69, 9.17) is 5.73 Å². The number of aromatic nitrogens is 2. The molecule has 0 unspecified atom stereocenters. The zero-order chi connectivity index (χ0) is 15.3. The average Bonchev–Trinajstić information content (AvgIpc) is 2.42. The van der Waals surface area contributed by atoms with E-state index in [0.29, 0.717) is 10.9 Å².